The molecule has 9 heteroatoms. The Morgan fingerprint density at radius 2 is 1.91 bits per heavy atom. The second-order valence-electron chi connectivity index (χ2n) is 4.35. The fourth-order valence-corrected chi connectivity index (χ4v) is 2.59. The van der Waals surface area contributed by atoms with Gasteiger partial charge in [0.25, 0.3) is 5.91 Å². The predicted octanol–water partition coefficient (Wildman–Crippen LogP) is 0.173. The van der Waals surface area contributed by atoms with Crippen molar-refractivity contribution in [3.8, 4) is 5.13 Å². The van der Waals surface area contributed by atoms with Crippen LogP contribution in [0.3, 0.4) is 0 Å². The second-order valence-corrected chi connectivity index (χ2v) is 5.33. The van der Waals surface area contributed by atoms with Crippen LogP contribution in [0.4, 0.5) is 0 Å². The fourth-order valence-electron chi connectivity index (χ4n) is 1.64. The van der Waals surface area contributed by atoms with Gasteiger partial charge in [-0.25, -0.2) is 4.98 Å². The largest absolute Gasteiger partial charge is 0.480 e. The van der Waals surface area contributed by atoms with Crippen molar-refractivity contribution in [1.29, 1.82) is 0 Å². The van der Waals surface area contributed by atoms with E-state index in [1.54, 1.807) is 11.5 Å². The minimum absolute atomic E-state index is 0.289. The van der Waals surface area contributed by atoms with Gasteiger partial charge in [0.2, 0.25) is 5.91 Å². The number of rotatable bonds is 6. The van der Waals surface area contributed by atoms with E-state index in [4.69, 9.17) is 5.11 Å². The van der Waals surface area contributed by atoms with Crippen LogP contribution in [0, 0.1) is 6.92 Å². The van der Waals surface area contributed by atoms with E-state index >= 15 is 0 Å². The predicted molar refractivity (Wildman–Crippen MR) is 79.2 cm³/mol. The summed E-state index contributed by atoms with van der Waals surface area (Å²) in [4.78, 5) is 38.4. The Morgan fingerprint density at radius 3 is 2.55 bits per heavy atom. The van der Waals surface area contributed by atoms with Gasteiger partial charge in [0.05, 0.1) is 12.2 Å². The van der Waals surface area contributed by atoms with Gasteiger partial charge in [-0.1, -0.05) is 11.3 Å². The Bertz CT molecular complexity index is 693. The standard InChI is InChI=1S/C13H14N4O4S/c1-8-11(22-13(16-8)17-4-2-3-5-17)12(21)15-6-9(18)14-7-10(19)20/h2-5H,6-7H2,1H3,(H,14,18)(H,15,21)(H,19,20). The summed E-state index contributed by atoms with van der Waals surface area (Å²) >= 11 is 1.21. The lowest BCUT2D eigenvalue weighted by molar-refractivity contribution is -0.137. The average molecular weight is 322 g/mol. The summed E-state index contributed by atoms with van der Waals surface area (Å²) in [6, 6.07) is 3.70. The third-order valence-electron chi connectivity index (χ3n) is 2.66. The molecule has 2 aromatic heterocycles. The minimum Gasteiger partial charge on any atom is -0.480 e. The first kappa shape index (κ1) is 15.7. The van der Waals surface area contributed by atoms with Crippen molar-refractivity contribution < 1.29 is 19.5 Å². The Morgan fingerprint density at radius 1 is 1.23 bits per heavy atom. The first-order chi connectivity index (χ1) is 10.5. The number of nitrogens with zero attached hydrogens (tertiary/aromatic N) is 2. The molecule has 2 aromatic rings. The van der Waals surface area contributed by atoms with E-state index in [1.165, 1.54) is 11.3 Å². The molecule has 116 valence electrons. The lowest BCUT2D eigenvalue weighted by Crippen LogP contribution is -2.38. The number of aromatic nitrogens is 2. The molecule has 8 nitrogen and oxygen atoms in total. The average Bonchev–Trinajstić information content (AvgIpc) is 3.11. The van der Waals surface area contributed by atoms with Crippen LogP contribution in [0.5, 0.6) is 0 Å². The molecule has 0 aliphatic heterocycles. The maximum Gasteiger partial charge on any atom is 0.322 e. The van der Waals surface area contributed by atoms with Crippen LogP contribution < -0.4 is 10.6 Å². The first-order valence-electron chi connectivity index (χ1n) is 6.35. The van der Waals surface area contributed by atoms with E-state index in [-0.39, 0.29) is 6.54 Å². The zero-order valence-corrected chi connectivity index (χ0v) is 12.5. The van der Waals surface area contributed by atoms with Crippen molar-refractivity contribution in [2.45, 2.75) is 6.92 Å². The SMILES string of the molecule is Cc1nc(-n2cccc2)sc1C(=O)NCC(=O)NCC(=O)O. The van der Waals surface area contributed by atoms with E-state index in [9.17, 15) is 14.4 Å². The number of carbonyl (C=O) groups excluding carboxylic acids is 2. The van der Waals surface area contributed by atoms with Gasteiger partial charge in [-0.3, -0.25) is 14.4 Å². The van der Waals surface area contributed by atoms with Crippen LogP contribution in [0.1, 0.15) is 15.4 Å². The highest BCUT2D eigenvalue weighted by Crippen LogP contribution is 2.21. The zero-order valence-electron chi connectivity index (χ0n) is 11.7. The number of carbonyl (C=O) groups is 3. The molecule has 2 heterocycles. The van der Waals surface area contributed by atoms with Crippen molar-refractivity contribution in [1.82, 2.24) is 20.2 Å². The van der Waals surface area contributed by atoms with E-state index in [1.807, 2.05) is 24.5 Å². The van der Waals surface area contributed by atoms with Gasteiger partial charge in [0.1, 0.15) is 11.4 Å². The number of hydrogen-bond acceptors (Lipinski definition) is 5. The molecule has 2 amide bonds. The topological polar surface area (TPSA) is 113 Å². The van der Waals surface area contributed by atoms with Gasteiger partial charge in [-0.05, 0) is 19.1 Å². The third-order valence-corrected chi connectivity index (χ3v) is 3.83. The number of nitrogens with one attached hydrogen (secondary N) is 2. The highest BCUT2D eigenvalue weighted by Gasteiger charge is 2.16. The third kappa shape index (κ3) is 3.92. The molecule has 3 N–H and O–H groups in total. The number of amides is 2. The van der Waals surface area contributed by atoms with Crippen LogP contribution in [0.2, 0.25) is 0 Å². The molecule has 0 aliphatic carbocycles. The van der Waals surface area contributed by atoms with E-state index in [2.05, 4.69) is 15.6 Å². The Labute approximate surface area is 129 Å². The summed E-state index contributed by atoms with van der Waals surface area (Å²) < 4.78 is 1.79. The zero-order chi connectivity index (χ0) is 16.1. The summed E-state index contributed by atoms with van der Waals surface area (Å²) in [6.07, 6.45) is 3.64. The fraction of sp³-hybridized carbons (Fsp3) is 0.231. The molecule has 0 saturated heterocycles. The second kappa shape index (κ2) is 6.85. The molecule has 0 saturated carbocycles. The van der Waals surface area contributed by atoms with Crippen LogP contribution in [-0.2, 0) is 9.59 Å². The highest BCUT2D eigenvalue weighted by molar-refractivity contribution is 7.16. The summed E-state index contributed by atoms with van der Waals surface area (Å²) in [6.45, 7) is 0.942. The number of carboxylic acid groups (broad SMARTS) is 1. The molecule has 0 radical (unpaired) electrons. The van der Waals surface area contributed by atoms with Crippen molar-refractivity contribution in [3.05, 3.63) is 35.1 Å². The van der Waals surface area contributed by atoms with Crippen molar-refractivity contribution in [2.24, 2.45) is 0 Å². The monoisotopic (exact) mass is 322 g/mol. The normalized spacial score (nSPS) is 10.2. The molecule has 22 heavy (non-hydrogen) atoms. The summed E-state index contributed by atoms with van der Waals surface area (Å²) in [7, 11) is 0. The summed E-state index contributed by atoms with van der Waals surface area (Å²) in [5.41, 5.74) is 0.567. The molecular weight excluding hydrogens is 308 g/mol. The number of aryl methyl sites for hydroxylation is 1. The maximum absolute atomic E-state index is 12.0. The van der Waals surface area contributed by atoms with E-state index < -0.39 is 24.3 Å². The lowest BCUT2D eigenvalue weighted by atomic mass is 10.3. The smallest absolute Gasteiger partial charge is 0.322 e. The number of carboxylic acids is 1. The first-order valence-corrected chi connectivity index (χ1v) is 7.16. The molecular formula is C13H14N4O4S. The minimum atomic E-state index is -1.14. The van der Waals surface area contributed by atoms with Crippen molar-refractivity contribution in [3.63, 3.8) is 0 Å². The van der Waals surface area contributed by atoms with Gasteiger partial charge in [0.15, 0.2) is 5.13 Å². The maximum atomic E-state index is 12.0. The number of thiazole rings is 1. The van der Waals surface area contributed by atoms with Gasteiger partial charge in [-0.15, -0.1) is 0 Å². The summed E-state index contributed by atoms with van der Waals surface area (Å²) in [5, 5.41) is 13.7. The van der Waals surface area contributed by atoms with Crippen LogP contribution >= 0.6 is 11.3 Å². The summed E-state index contributed by atoms with van der Waals surface area (Å²) in [5.74, 6) is -2.13. The Kier molecular flexibility index (Phi) is 4.89. The number of aliphatic carboxylic acids is 1. The molecule has 0 fully saturated rings. The molecule has 2 rings (SSSR count). The van der Waals surface area contributed by atoms with Crippen molar-refractivity contribution >= 4 is 29.1 Å². The Balaban J connectivity index is 1.95. The van der Waals surface area contributed by atoms with Crippen molar-refractivity contribution in [2.75, 3.05) is 13.1 Å². The van der Waals surface area contributed by atoms with Crippen LogP contribution in [0.15, 0.2) is 24.5 Å². The molecule has 0 spiro atoms. The van der Waals surface area contributed by atoms with E-state index in [0.717, 1.165) is 0 Å². The molecule has 0 atom stereocenters. The lowest BCUT2D eigenvalue weighted by Gasteiger charge is -2.04. The van der Waals surface area contributed by atoms with E-state index in [0.29, 0.717) is 15.7 Å². The van der Waals surface area contributed by atoms with Gasteiger partial charge in [-0.2, -0.15) is 0 Å². The molecule has 0 bridgehead atoms. The quantitative estimate of drug-likeness (QED) is 0.702. The molecule has 0 aromatic carbocycles. The molecule has 0 unspecified atom stereocenters. The van der Waals surface area contributed by atoms with Crippen LogP contribution in [0.25, 0.3) is 5.13 Å². The van der Waals surface area contributed by atoms with Crippen LogP contribution in [-0.4, -0.2) is 45.5 Å². The van der Waals surface area contributed by atoms with Gasteiger partial charge < -0.3 is 20.3 Å². The molecule has 0 aliphatic rings. The Hall–Kier alpha value is -2.68. The number of hydrogen-bond donors (Lipinski definition) is 3. The van der Waals surface area contributed by atoms with Gasteiger partial charge >= 0.3 is 5.97 Å². The highest BCUT2D eigenvalue weighted by atomic mass is 32.1. The van der Waals surface area contributed by atoms with Gasteiger partial charge in [0, 0.05) is 12.4 Å².